The van der Waals surface area contributed by atoms with Crippen LogP contribution in [0, 0.1) is 5.82 Å². The van der Waals surface area contributed by atoms with Crippen LogP contribution in [0.15, 0.2) is 54.7 Å². The molecule has 0 bridgehead atoms. The fourth-order valence-electron chi connectivity index (χ4n) is 2.26. The summed E-state index contributed by atoms with van der Waals surface area (Å²) in [5, 5.41) is 7.79. The summed E-state index contributed by atoms with van der Waals surface area (Å²) in [5.74, 6) is 0.160. The summed E-state index contributed by atoms with van der Waals surface area (Å²) in [4.78, 5) is 12.1. The number of aromatic nitrogens is 2. The van der Waals surface area contributed by atoms with E-state index in [9.17, 15) is 9.18 Å². The lowest BCUT2D eigenvalue weighted by atomic mass is 10.2. The van der Waals surface area contributed by atoms with E-state index in [-0.39, 0.29) is 18.3 Å². The Hall–Kier alpha value is -2.57. The van der Waals surface area contributed by atoms with Gasteiger partial charge in [0, 0.05) is 6.07 Å². The zero-order chi connectivity index (χ0) is 18.5. The van der Waals surface area contributed by atoms with Crippen molar-refractivity contribution in [2.75, 3.05) is 11.9 Å². The lowest BCUT2D eigenvalue weighted by molar-refractivity contribution is -0.118. The van der Waals surface area contributed by atoms with Gasteiger partial charge in [-0.25, -0.2) is 9.07 Å². The smallest absolute Gasteiger partial charge is 0.263 e. The molecule has 1 heterocycles. The Bertz CT molecular complexity index is 913. The van der Waals surface area contributed by atoms with E-state index in [1.54, 1.807) is 29.1 Å². The molecule has 1 aromatic heterocycles. The van der Waals surface area contributed by atoms with Crippen molar-refractivity contribution in [2.45, 2.75) is 6.54 Å². The summed E-state index contributed by atoms with van der Waals surface area (Å²) in [7, 11) is 0. The zero-order valence-electron chi connectivity index (χ0n) is 13.5. The summed E-state index contributed by atoms with van der Waals surface area (Å²) in [5.41, 5.74) is 0.779. The number of hydrogen-bond donors (Lipinski definition) is 1. The van der Waals surface area contributed by atoms with Crippen LogP contribution in [-0.2, 0) is 11.3 Å². The van der Waals surface area contributed by atoms with Crippen LogP contribution in [0.1, 0.15) is 5.56 Å². The molecule has 0 saturated heterocycles. The molecule has 8 heteroatoms. The van der Waals surface area contributed by atoms with Gasteiger partial charge in [0.15, 0.2) is 6.61 Å². The van der Waals surface area contributed by atoms with Crippen molar-refractivity contribution < 1.29 is 13.9 Å². The molecule has 2 aromatic carbocycles. The topological polar surface area (TPSA) is 56.1 Å². The number of amides is 1. The average Bonchev–Trinajstić information content (AvgIpc) is 3.05. The number of hydrogen-bond acceptors (Lipinski definition) is 3. The first-order valence-corrected chi connectivity index (χ1v) is 8.41. The Morgan fingerprint density at radius 1 is 1.15 bits per heavy atom. The maximum atomic E-state index is 12.9. The van der Waals surface area contributed by atoms with Crippen LogP contribution in [0.5, 0.6) is 5.75 Å². The van der Waals surface area contributed by atoms with Crippen molar-refractivity contribution in [2.24, 2.45) is 0 Å². The Balaban J connectivity index is 1.62. The van der Waals surface area contributed by atoms with Gasteiger partial charge < -0.3 is 10.1 Å². The van der Waals surface area contributed by atoms with E-state index < -0.39 is 0 Å². The van der Waals surface area contributed by atoms with Crippen molar-refractivity contribution in [3.63, 3.8) is 0 Å². The third kappa shape index (κ3) is 4.53. The van der Waals surface area contributed by atoms with Gasteiger partial charge in [-0.3, -0.25) is 4.79 Å². The van der Waals surface area contributed by atoms with Gasteiger partial charge in [0.25, 0.3) is 5.91 Å². The number of halogens is 3. The predicted molar refractivity (Wildman–Crippen MR) is 98.3 cm³/mol. The molecule has 1 N–H and O–H groups in total. The van der Waals surface area contributed by atoms with E-state index in [1.165, 1.54) is 24.3 Å². The molecule has 0 aliphatic carbocycles. The Labute approximate surface area is 159 Å². The number of rotatable bonds is 6. The number of nitrogens with zero attached hydrogens (tertiary/aromatic N) is 2. The summed E-state index contributed by atoms with van der Waals surface area (Å²) in [6, 6.07) is 12.4. The van der Waals surface area contributed by atoms with E-state index in [2.05, 4.69) is 10.4 Å². The second kappa shape index (κ2) is 8.21. The number of ether oxygens (including phenoxy) is 1. The van der Waals surface area contributed by atoms with Crippen LogP contribution < -0.4 is 10.1 Å². The summed E-state index contributed by atoms with van der Waals surface area (Å²) >= 11 is 12.2. The van der Waals surface area contributed by atoms with Gasteiger partial charge in [-0.05, 0) is 35.9 Å². The average molecular weight is 394 g/mol. The molecule has 0 atom stereocenters. The minimum absolute atomic E-state index is 0.214. The maximum Gasteiger partial charge on any atom is 0.263 e. The van der Waals surface area contributed by atoms with Crippen molar-refractivity contribution >= 4 is 34.9 Å². The summed E-state index contributed by atoms with van der Waals surface area (Å²) < 4.78 is 19.8. The predicted octanol–water partition coefficient (Wildman–Crippen LogP) is 4.39. The first-order valence-electron chi connectivity index (χ1n) is 7.66. The quantitative estimate of drug-likeness (QED) is 0.675. The van der Waals surface area contributed by atoms with Crippen LogP contribution in [0.25, 0.3) is 0 Å². The molecule has 0 radical (unpaired) electrons. The molecule has 5 nitrogen and oxygen atoms in total. The zero-order valence-corrected chi connectivity index (χ0v) is 15.0. The third-order valence-corrected chi connectivity index (χ3v) is 4.38. The van der Waals surface area contributed by atoms with Gasteiger partial charge >= 0.3 is 0 Å². The maximum absolute atomic E-state index is 12.9. The molecule has 1 amide bonds. The monoisotopic (exact) mass is 393 g/mol. The van der Waals surface area contributed by atoms with Crippen molar-refractivity contribution in [3.8, 4) is 5.75 Å². The number of anilines is 1. The second-order valence-corrected chi connectivity index (χ2v) is 6.16. The third-order valence-electron chi connectivity index (χ3n) is 3.52. The van der Waals surface area contributed by atoms with Crippen molar-refractivity contribution in [1.29, 1.82) is 0 Å². The first kappa shape index (κ1) is 18.2. The lowest BCUT2D eigenvalue weighted by Crippen LogP contribution is -2.22. The molecule has 134 valence electrons. The van der Waals surface area contributed by atoms with Gasteiger partial charge in [-0.1, -0.05) is 35.3 Å². The summed E-state index contributed by atoms with van der Waals surface area (Å²) in [6.45, 7) is 0.134. The molecule has 0 spiro atoms. The van der Waals surface area contributed by atoms with E-state index in [0.717, 1.165) is 5.56 Å². The Kier molecular flexibility index (Phi) is 5.75. The minimum Gasteiger partial charge on any atom is -0.484 e. The molecule has 0 aliphatic heterocycles. The van der Waals surface area contributed by atoms with Crippen LogP contribution in [-0.4, -0.2) is 22.3 Å². The number of benzene rings is 2. The van der Waals surface area contributed by atoms with Crippen molar-refractivity contribution in [1.82, 2.24) is 9.78 Å². The highest BCUT2D eigenvalue weighted by Crippen LogP contribution is 2.26. The fraction of sp³-hybridized carbons (Fsp3) is 0.111. The summed E-state index contributed by atoms with van der Waals surface area (Å²) in [6.07, 6.45) is 1.56. The molecule has 3 aromatic rings. The highest BCUT2D eigenvalue weighted by molar-refractivity contribution is 6.42. The Morgan fingerprint density at radius 3 is 2.69 bits per heavy atom. The van der Waals surface area contributed by atoms with Crippen LogP contribution >= 0.6 is 23.2 Å². The highest BCUT2D eigenvalue weighted by atomic mass is 35.5. The van der Waals surface area contributed by atoms with E-state index in [4.69, 9.17) is 27.9 Å². The lowest BCUT2D eigenvalue weighted by Gasteiger charge is -2.11. The normalized spacial score (nSPS) is 10.6. The van der Waals surface area contributed by atoms with Gasteiger partial charge in [0.1, 0.15) is 17.4 Å². The van der Waals surface area contributed by atoms with Gasteiger partial charge in [-0.15, -0.1) is 0 Å². The highest BCUT2D eigenvalue weighted by Gasteiger charge is 2.11. The molecule has 0 aliphatic rings. The number of nitrogens with one attached hydrogen (secondary N) is 1. The standard InChI is InChI=1S/C18H14Cl2FN3O2/c19-15-3-1-2-12(18(15)20)10-24-16(8-9-22-24)23-17(25)11-26-14-6-4-13(21)5-7-14/h1-9H,10-11H2,(H,23,25). The van der Waals surface area contributed by atoms with Gasteiger partial charge in [0.2, 0.25) is 0 Å². The van der Waals surface area contributed by atoms with E-state index in [1.807, 2.05) is 6.07 Å². The van der Waals surface area contributed by atoms with Crippen LogP contribution in [0.4, 0.5) is 10.2 Å². The number of carbonyl (C=O) groups is 1. The molecule has 26 heavy (non-hydrogen) atoms. The molecule has 3 rings (SSSR count). The fourth-order valence-corrected chi connectivity index (χ4v) is 2.64. The van der Waals surface area contributed by atoms with Crippen LogP contribution in [0.2, 0.25) is 10.0 Å². The molecular weight excluding hydrogens is 380 g/mol. The molecule has 0 saturated carbocycles. The number of carbonyl (C=O) groups excluding carboxylic acids is 1. The van der Waals surface area contributed by atoms with E-state index in [0.29, 0.717) is 28.2 Å². The van der Waals surface area contributed by atoms with Crippen molar-refractivity contribution in [3.05, 3.63) is 76.2 Å². The Morgan fingerprint density at radius 2 is 1.92 bits per heavy atom. The first-order chi connectivity index (χ1) is 12.5. The minimum atomic E-state index is -0.370. The van der Waals surface area contributed by atoms with E-state index >= 15 is 0 Å². The van der Waals surface area contributed by atoms with Gasteiger partial charge in [0.05, 0.1) is 22.8 Å². The van der Waals surface area contributed by atoms with Crippen LogP contribution in [0.3, 0.4) is 0 Å². The molecular formula is C18H14Cl2FN3O2. The SMILES string of the molecule is O=C(COc1ccc(F)cc1)Nc1ccnn1Cc1cccc(Cl)c1Cl. The van der Waals surface area contributed by atoms with Gasteiger partial charge in [-0.2, -0.15) is 5.10 Å². The largest absolute Gasteiger partial charge is 0.484 e. The second-order valence-electron chi connectivity index (χ2n) is 5.38. The molecule has 0 unspecified atom stereocenters. The molecule has 0 fully saturated rings.